The second kappa shape index (κ2) is 22.6. The van der Waals surface area contributed by atoms with E-state index in [1.807, 2.05) is 0 Å². The predicted molar refractivity (Wildman–Crippen MR) is 57.0 cm³/mol. The molecule has 3 nitrogen and oxygen atoms in total. The molecule has 0 heterocycles. The molecule has 0 saturated carbocycles. The molecule has 80 valence electrons. The Bertz CT molecular complexity index is 108. The van der Waals surface area contributed by atoms with Crippen LogP contribution >= 0.6 is 0 Å². The van der Waals surface area contributed by atoms with Gasteiger partial charge in [-0.1, -0.05) is 0 Å². The van der Waals surface area contributed by atoms with Gasteiger partial charge in [0.25, 0.3) is 0 Å². The van der Waals surface area contributed by atoms with E-state index in [2.05, 4.69) is 20.8 Å². The molecule has 0 bridgehead atoms. The number of rotatable bonds is 0. The van der Waals surface area contributed by atoms with Crippen LogP contribution in [0.5, 0.6) is 0 Å². The average molecular weight is 198 g/mol. The Hall–Kier alpha value is -1.38. The summed E-state index contributed by atoms with van der Waals surface area (Å²) in [5.74, 6) is -0.250. The van der Waals surface area contributed by atoms with Gasteiger partial charge in [0.15, 0.2) is 0 Å². The third-order valence-corrected chi connectivity index (χ3v) is 0. The molecule has 0 fully saturated rings. The fourth-order valence-electron chi connectivity index (χ4n) is 0. The molecular formula is C11H18O3. The van der Waals surface area contributed by atoms with Crippen molar-refractivity contribution < 1.29 is 14.4 Å². The molecule has 0 saturated heterocycles. The van der Waals surface area contributed by atoms with E-state index in [0.29, 0.717) is 0 Å². The summed E-state index contributed by atoms with van der Waals surface area (Å²) in [6, 6.07) is 0. The molecule has 0 aromatic heterocycles. The van der Waals surface area contributed by atoms with Crippen molar-refractivity contribution in [3.63, 3.8) is 0 Å². The first-order valence-electron chi connectivity index (χ1n) is 3.67. The van der Waals surface area contributed by atoms with Crippen LogP contribution in [0.25, 0.3) is 0 Å². The van der Waals surface area contributed by atoms with Crippen molar-refractivity contribution in [2.24, 2.45) is 0 Å². The SMILES string of the molecule is [C+3]C.[CH2-]C(C)=O.[CH2-]C(C)=O.[CH2-]C(C)=O. The van der Waals surface area contributed by atoms with Gasteiger partial charge in [0.1, 0.15) is 0 Å². The Labute approximate surface area is 87.9 Å². The zero-order valence-corrected chi connectivity index (χ0v) is 9.35. The van der Waals surface area contributed by atoms with E-state index < -0.39 is 0 Å². The Balaban J connectivity index is -0.0000000492. The number of hydrogen-bond donors (Lipinski definition) is 0. The molecule has 0 aromatic rings. The zero-order chi connectivity index (χ0) is 12.7. The molecule has 0 unspecified atom stereocenters. The van der Waals surface area contributed by atoms with Gasteiger partial charge in [-0.3, -0.25) is 0 Å². The third kappa shape index (κ3) is 516. The van der Waals surface area contributed by atoms with Crippen LogP contribution in [-0.4, -0.2) is 17.3 Å². The summed E-state index contributed by atoms with van der Waals surface area (Å²) in [6.07, 6.45) is 0. The first-order valence-corrected chi connectivity index (χ1v) is 3.67. The molecule has 0 aliphatic heterocycles. The Morgan fingerprint density at radius 1 is 0.714 bits per heavy atom. The summed E-state index contributed by atoms with van der Waals surface area (Å²) in [6.45, 7) is 20.2. The molecule has 0 rings (SSSR count). The minimum absolute atomic E-state index is 0.0833. The molecule has 0 spiro atoms. The van der Waals surface area contributed by atoms with Gasteiger partial charge >= 0.3 is 13.8 Å². The van der Waals surface area contributed by atoms with Crippen LogP contribution in [0, 0.1) is 27.7 Å². The van der Waals surface area contributed by atoms with Crippen molar-refractivity contribution in [2.75, 3.05) is 0 Å². The van der Waals surface area contributed by atoms with Crippen LogP contribution in [0.2, 0.25) is 0 Å². The molecule has 0 amide bonds. The minimum Gasteiger partial charge on any atom is -0.340 e. The van der Waals surface area contributed by atoms with Gasteiger partial charge in [-0.05, 0) is 38.1 Å². The van der Waals surface area contributed by atoms with Crippen LogP contribution in [0.15, 0.2) is 0 Å². The van der Waals surface area contributed by atoms with E-state index >= 15 is 0 Å². The summed E-state index contributed by atoms with van der Waals surface area (Å²) < 4.78 is 0. The van der Waals surface area contributed by atoms with Gasteiger partial charge in [-0.2, -0.15) is 0 Å². The second-order valence-corrected chi connectivity index (χ2v) is 2.11. The van der Waals surface area contributed by atoms with E-state index in [1.54, 1.807) is 0 Å². The largest absolute Gasteiger partial charge is 0.340 e. The van der Waals surface area contributed by atoms with Crippen LogP contribution in [0.3, 0.4) is 0 Å². The first-order chi connectivity index (χ1) is 6.20. The molecule has 0 radical (unpaired) electrons. The normalized spacial score (nSPS) is 5.86. The molecule has 3 heteroatoms. The smallest absolute Gasteiger partial charge is 0.00695 e. The molecule has 0 aliphatic rings. The molecule has 0 aromatic carbocycles. The van der Waals surface area contributed by atoms with Crippen molar-refractivity contribution in [3.8, 4) is 0 Å². The van der Waals surface area contributed by atoms with Crippen LogP contribution in [0.1, 0.15) is 27.7 Å². The van der Waals surface area contributed by atoms with Gasteiger partial charge in [-0.15, -0.1) is 0 Å². The summed E-state index contributed by atoms with van der Waals surface area (Å²) in [5, 5.41) is 0. The second-order valence-electron chi connectivity index (χ2n) is 2.11. The van der Waals surface area contributed by atoms with Crippen LogP contribution in [-0.2, 0) is 14.4 Å². The number of carbonyl (C=O) groups is 3. The van der Waals surface area contributed by atoms with E-state index in [-0.39, 0.29) is 17.3 Å². The van der Waals surface area contributed by atoms with E-state index in [9.17, 15) is 14.4 Å². The molecule has 14 heavy (non-hydrogen) atoms. The minimum atomic E-state index is -0.0833. The first kappa shape index (κ1) is 22.9. The van der Waals surface area contributed by atoms with Crippen LogP contribution < -0.4 is 0 Å². The van der Waals surface area contributed by atoms with Crippen molar-refractivity contribution in [1.82, 2.24) is 0 Å². The van der Waals surface area contributed by atoms with Crippen molar-refractivity contribution in [3.05, 3.63) is 27.7 Å². The zero-order valence-electron chi connectivity index (χ0n) is 9.35. The van der Waals surface area contributed by atoms with Gasteiger partial charge in [0, 0.05) is 0 Å². The Kier molecular flexibility index (Phi) is 37.0. The van der Waals surface area contributed by atoms with Gasteiger partial charge in [-0.25, -0.2) is 0 Å². The number of Topliss-reactive ketones (excluding diaryl/α,β-unsaturated/α-hetero) is 3. The topological polar surface area (TPSA) is 51.2 Å². The quantitative estimate of drug-likeness (QED) is 0.558. The molecule has 0 atom stereocenters. The average Bonchev–Trinajstić information content (AvgIpc) is 1.86. The summed E-state index contributed by atoms with van der Waals surface area (Å²) in [4.78, 5) is 28.0. The molecule has 0 N–H and O–H groups in total. The Morgan fingerprint density at radius 3 is 0.714 bits per heavy atom. The Morgan fingerprint density at radius 2 is 0.714 bits per heavy atom. The van der Waals surface area contributed by atoms with Crippen molar-refractivity contribution in [1.29, 1.82) is 0 Å². The standard InChI is InChI=1S/3C3H5O.C2H3/c3*1-3(2)4;1-2/h3*1H2,2H3;1H3/q3*-1;+3. The summed E-state index contributed by atoms with van der Waals surface area (Å²) in [7, 11) is 0. The van der Waals surface area contributed by atoms with E-state index in [4.69, 9.17) is 6.92 Å². The summed E-state index contributed by atoms with van der Waals surface area (Å²) >= 11 is 0. The maximum atomic E-state index is 9.33. The van der Waals surface area contributed by atoms with Gasteiger partial charge in [0.2, 0.25) is 0 Å². The number of hydrogen-bond acceptors (Lipinski definition) is 3. The van der Waals surface area contributed by atoms with Crippen LogP contribution in [0.4, 0.5) is 0 Å². The van der Waals surface area contributed by atoms with E-state index in [0.717, 1.165) is 0 Å². The fraction of sp³-hybridized carbons (Fsp3) is 0.364. The third-order valence-electron chi connectivity index (χ3n) is 0. The number of ketones is 3. The monoisotopic (exact) mass is 198 g/mol. The molecular weight excluding hydrogens is 180 g/mol. The van der Waals surface area contributed by atoms with Gasteiger partial charge in [0.05, 0.1) is 0 Å². The molecule has 0 aliphatic carbocycles. The summed E-state index contributed by atoms with van der Waals surface area (Å²) in [5.41, 5.74) is 0. The maximum Gasteiger partial charge on any atom is -0.00695 e. The fourth-order valence-corrected chi connectivity index (χ4v) is 0. The van der Waals surface area contributed by atoms with Crippen molar-refractivity contribution >= 4 is 17.3 Å². The number of carbonyl (C=O) groups excluding carboxylic acids is 3. The van der Waals surface area contributed by atoms with E-state index in [1.165, 1.54) is 27.7 Å². The van der Waals surface area contributed by atoms with Gasteiger partial charge < -0.3 is 35.2 Å². The predicted octanol–water partition coefficient (Wildman–Crippen LogP) is 1.82. The van der Waals surface area contributed by atoms with Crippen molar-refractivity contribution in [2.45, 2.75) is 27.7 Å². The maximum absolute atomic E-state index is 9.33.